The molecule has 0 aromatic heterocycles. The summed E-state index contributed by atoms with van der Waals surface area (Å²) >= 11 is 5.89. The molecule has 10 heteroatoms. The van der Waals surface area contributed by atoms with Crippen LogP contribution in [-0.2, 0) is 33.9 Å². The van der Waals surface area contributed by atoms with Crippen LogP contribution in [0, 0.1) is 11.8 Å². The highest BCUT2D eigenvalue weighted by atomic mass is 35.5. The Morgan fingerprint density at radius 3 is 1.90 bits per heavy atom. The predicted octanol–water partition coefficient (Wildman–Crippen LogP) is 2.19. The van der Waals surface area contributed by atoms with Crippen LogP contribution < -0.4 is 0 Å². The van der Waals surface area contributed by atoms with Crippen LogP contribution >= 0.6 is 11.6 Å². The number of rotatable bonds is 6. The minimum atomic E-state index is -4.12. The summed E-state index contributed by atoms with van der Waals surface area (Å²) in [6.45, 7) is 3.26. The molecule has 2 bridgehead atoms. The smallest absolute Gasteiger partial charge is 0.318 e. The van der Waals surface area contributed by atoms with E-state index < -0.39 is 51.7 Å². The zero-order chi connectivity index (χ0) is 22.1. The van der Waals surface area contributed by atoms with E-state index in [0.717, 1.165) is 4.31 Å². The van der Waals surface area contributed by atoms with E-state index in [0.29, 0.717) is 24.3 Å². The number of halogens is 1. The SMILES string of the molecule is CCOC(=O)C1C(=O)C(C(=O)OCC)C2CCCC1N2S(=O)(=O)c1ccc(Cl)cc1. The maximum atomic E-state index is 13.5. The standard InChI is InChI=1S/C20H24ClNO7S/c1-3-28-19(24)16-14-6-5-7-15(17(18(16)23)20(25)29-4-2)22(14)30(26,27)13-10-8-12(21)9-11-13/h8-11,14-17H,3-7H2,1-2H3. The lowest BCUT2D eigenvalue weighted by Gasteiger charge is -2.49. The summed E-state index contributed by atoms with van der Waals surface area (Å²) in [6.07, 6.45) is 1.20. The van der Waals surface area contributed by atoms with E-state index in [4.69, 9.17) is 21.1 Å². The van der Waals surface area contributed by atoms with Gasteiger partial charge in [-0.05, 0) is 51.0 Å². The first-order valence-electron chi connectivity index (χ1n) is 9.90. The van der Waals surface area contributed by atoms with Gasteiger partial charge in [0.05, 0.1) is 18.1 Å². The van der Waals surface area contributed by atoms with Crippen molar-refractivity contribution in [3.05, 3.63) is 29.3 Å². The van der Waals surface area contributed by atoms with Crippen molar-refractivity contribution in [2.75, 3.05) is 13.2 Å². The Kier molecular flexibility index (Phi) is 6.84. The molecule has 8 nitrogen and oxygen atoms in total. The molecule has 2 saturated heterocycles. The Balaban J connectivity index is 2.12. The van der Waals surface area contributed by atoms with Crippen molar-refractivity contribution in [2.45, 2.75) is 50.1 Å². The van der Waals surface area contributed by atoms with E-state index in [2.05, 4.69) is 0 Å². The summed E-state index contributed by atoms with van der Waals surface area (Å²) in [7, 11) is -4.12. The van der Waals surface area contributed by atoms with E-state index >= 15 is 0 Å². The molecule has 4 atom stereocenters. The number of carbonyl (C=O) groups excluding carboxylic acids is 3. The van der Waals surface area contributed by atoms with Gasteiger partial charge in [0.2, 0.25) is 10.0 Å². The number of ketones is 1. The molecule has 30 heavy (non-hydrogen) atoms. The second-order valence-electron chi connectivity index (χ2n) is 7.22. The molecule has 0 aliphatic carbocycles. The van der Waals surface area contributed by atoms with Gasteiger partial charge in [0.1, 0.15) is 11.8 Å². The van der Waals surface area contributed by atoms with Crippen molar-refractivity contribution >= 4 is 39.3 Å². The molecule has 3 rings (SSSR count). The van der Waals surface area contributed by atoms with Crippen LogP contribution in [0.4, 0.5) is 0 Å². The Labute approximate surface area is 180 Å². The maximum Gasteiger partial charge on any atom is 0.318 e. The second kappa shape index (κ2) is 9.03. The third-order valence-electron chi connectivity index (χ3n) is 5.51. The van der Waals surface area contributed by atoms with Gasteiger partial charge in [-0.3, -0.25) is 14.4 Å². The average Bonchev–Trinajstić information content (AvgIpc) is 2.68. The van der Waals surface area contributed by atoms with Crippen molar-refractivity contribution in [1.82, 2.24) is 4.31 Å². The number of sulfonamides is 1. The molecule has 0 radical (unpaired) electrons. The number of piperidine rings is 2. The first-order valence-corrected chi connectivity index (χ1v) is 11.7. The zero-order valence-electron chi connectivity index (χ0n) is 16.7. The van der Waals surface area contributed by atoms with Crippen LogP contribution in [0.5, 0.6) is 0 Å². The van der Waals surface area contributed by atoms with Crippen LogP contribution in [0.3, 0.4) is 0 Å². The number of ether oxygens (including phenoxy) is 2. The highest BCUT2D eigenvalue weighted by molar-refractivity contribution is 7.89. The lowest BCUT2D eigenvalue weighted by molar-refractivity contribution is -0.167. The lowest BCUT2D eigenvalue weighted by Crippen LogP contribution is -2.66. The molecule has 2 heterocycles. The quantitative estimate of drug-likeness (QED) is 0.476. The molecule has 2 aliphatic heterocycles. The summed E-state index contributed by atoms with van der Waals surface area (Å²) in [5, 5.41) is 0.372. The summed E-state index contributed by atoms with van der Waals surface area (Å²) in [5.74, 6) is -5.03. The van der Waals surface area contributed by atoms with Gasteiger partial charge in [-0.25, -0.2) is 8.42 Å². The molecule has 2 fully saturated rings. The third kappa shape index (κ3) is 3.98. The minimum absolute atomic E-state index is 0.0247. The Morgan fingerprint density at radius 2 is 1.47 bits per heavy atom. The Bertz CT molecular complexity index is 895. The van der Waals surface area contributed by atoms with Crippen molar-refractivity contribution < 1.29 is 32.3 Å². The van der Waals surface area contributed by atoms with Crippen molar-refractivity contribution in [2.24, 2.45) is 11.8 Å². The van der Waals surface area contributed by atoms with Gasteiger partial charge in [0.25, 0.3) is 0 Å². The predicted molar refractivity (Wildman–Crippen MR) is 107 cm³/mol. The van der Waals surface area contributed by atoms with Gasteiger partial charge in [0, 0.05) is 17.1 Å². The topological polar surface area (TPSA) is 107 Å². The largest absolute Gasteiger partial charge is 0.465 e. The van der Waals surface area contributed by atoms with Crippen molar-refractivity contribution in [3.63, 3.8) is 0 Å². The molecule has 0 spiro atoms. The number of nitrogens with zero attached hydrogens (tertiary/aromatic N) is 1. The monoisotopic (exact) mass is 457 g/mol. The van der Waals surface area contributed by atoms with Crippen LogP contribution in [0.15, 0.2) is 29.2 Å². The molecule has 0 N–H and O–H groups in total. The Morgan fingerprint density at radius 1 is 1.00 bits per heavy atom. The molecule has 1 aromatic rings. The number of esters is 2. The van der Waals surface area contributed by atoms with Gasteiger partial charge in [-0.1, -0.05) is 18.0 Å². The number of benzene rings is 1. The first-order chi connectivity index (χ1) is 14.2. The number of carbonyl (C=O) groups is 3. The third-order valence-corrected chi connectivity index (χ3v) is 7.72. The van der Waals surface area contributed by atoms with Gasteiger partial charge < -0.3 is 9.47 Å². The fourth-order valence-corrected chi connectivity index (χ4v) is 6.35. The summed E-state index contributed by atoms with van der Waals surface area (Å²) in [5.41, 5.74) is 0. The lowest BCUT2D eigenvalue weighted by atomic mass is 9.72. The number of Topliss-reactive ketones (excluding diaryl/α,β-unsaturated/α-hetero) is 1. The molecule has 4 unspecified atom stereocenters. The fourth-order valence-electron chi connectivity index (χ4n) is 4.33. The summed E-state index contributed by atoms with van der Waals surface area (Å²) in [4.78, 5) is 38.5. The van der Waals surface area contributed by atoms with E-state index in [1.807, 2.05) is 0 Å². The highest BCUT2D eigenvalue weighted by Gasteiger charge is 2.59. The van der Waals surface area contributed by atoms with Gasteiger partial charge >= 0.3 is 11.9 Å². The highest BCUT2D eigenvalue weighted by Crippen LogP contribution is 2.43. The molecule has 1 aromatic carbocycles. The minimum Gasteiger partial charge on any atom is -0.465 e. The Hall–Kier alpha value is -1.97. The van der Waals surface area contributed by atoms with Crippen molar-refractivity contribution in [1.29, 1.82) is 0 Å². The van der Waals surface area contributed by atoms with Crippen LogP contribution in [0.2, 0.25) is 5.02 Å². The summed E-state index contributed by atoms with van der Waals surface area (Å²) < 4.78 is 38.4. The van der Waals surface area contributed by atoms with E-state index in [9.17, 15) is 22.8 Å². The van der Waals surface area contributed by atoms with Crippen LogP contribution in [0.1, 0.15) is 33.1 Å². The van der Waals surface area contributed by atoms with Gasteiger partial charge in [-0.15, -0.1) is 0 Å². The van der Waals surface area contributed by atoms with Crippen LogP contribution in [-0.4, -0.2) is 55.7 Å². The van der Waals surface area contributed by atoms with Gasteiger partial charge in [-0.2, -0.15) is 4.31 Å². The van der Waals surface area contributed by atoms with Crippen LogP contribution in [0.25, 0.3) is 0 Å². The number of hydrogen-bond acceptors (Lipinski definition) is 7. The van der Waals surface area contributed by atoms with E-state index in [1.54, 1.807) is 13.8 Å². The number of hydrogen-bond donors (Lipinski definition) is 0. The second-order valence-corrected chi connectivity index (χ2v) is 9.50. The first kappa shape index (κ1) is 22.7. The number of fused-ring (bicyclic) bond motifs is 2. The molecule has 2 aliphatic rings. The normalized spacial score (nSPS) is 26.8. The van der Waals surface area contributed by atoms with Crippen molar-refractivity contribution in [3.8, 4) is 0 Å². The van der Waals surface area contributed by atoms with Gasteiger partial charge in [0.15, 0.2) is 5.78 Å². The maximum absolute atomic E-state index is 13.5. The molecule has 0 saturated carbocycles. The zero-order valence-corrected chi connectivity index (χ0v) is 18.3. The fraction of sp³-hybridized carbons (Fsp3) is 0.550. The average molecular weight is 458 g/mol. The molecule has 164 valence electrons. The molecular weight excluding hydrogens is 434 g/mol. The van der Waals surface area contributed by atoms with E-state index in [1.165, 1.54) is 24.3 Å². The summed E-state index contributed by atoms with van der Waals surface area (Å²) in [6, 6.07) is 3.80. The molecule has 0 amide bonds. The van der Waals surface area contributed by atoms with E-state index in [-0.39, 0.29) is 18.1 Å². The molecular formula is C20H24ClNO7S.